The molecule has 2 N–H and O–H groups in total. The van der Waals surface area contributed by atoms with Gasteiger partial charge in [0.15, 0.2) is 0 Å². The number of allylic oxidation sites excluding steroid dienone is 5. The standard InChI is InChI=1S/C30H24N2O/c31-25-18-30-24(22-12-4-8-16-29(22)33-30)17-23(25)21-11-3-7-15-28(21)32-26-13-5-1-9-19(26)20-10-2-6-14-27(20)32/h1-3,5-10,13-18,21H,4,11-12,31H2. The van der Waals surface area contributed by atoms with Crippen molar-refractivity contribution in [2.45, 2.75) is 25.2 Å². The minimum atomic E-state index is 0.170. The van der Waals surface area contributed by atoms with E-state index in [0.29, 0.717) is 0 Å². The molecule has 33 heavy (non-hydrogen) atoms. The van der Waals surface area contributed by atoms with Crippen molar-refractivity contribution in [1.29, 1.82) is 0 Å². The molecule has 2 aliphatic carbocycles. The highest BCUT2D eigenvalue weighted by Crippen LogP contribution is 2.44. The van der Waals surface area contributed by atoms with Gasteiger partial charge in [-0.15, -0.1) is 0 Å². The van der Waals surface area contributed by atoms with Gasteiger partial charge in [-0.25, -0.2) is 0 Å². The molecule has 3 heteroatoms. The third-order valence-corrected chi connectivity index (χ3v) is 7.20. The molecule has 0 radical (unpaired) electrons. The van der Waals surface area contributed by atoms with Crippen LogP contribution >= 0.6 is 0 Å². The SMILES string of the molecule is Nc1cc2oc3c(c2cc1C1CC=CC=C1n1c2ccccc2c2ccccc21)CCC=C3. The number of benzene rings is 3. The maximum absolute atomic E-state index is 6.68. The second kappa shape index (κ2) is 7.01. The first-order valence-corrected chi connectivity index (χ1v) is 11.7. The van der Waals surface area contributed by atoms with Crippen LogP contribution in [0.25, 0.3) is 44.5 Å². The van der Waals surface area contributed by atoms with Gasteiger partial charge in [0, 0.05) is 45.1 Å². The van der Waals surface area contributed by atoms with E-state index in [2.05, 4.69) is 89.5 Å². The van der Waals surface area contributed by atoms with Gasteiger partial charge in [0.25, 0.3) is 0 Å². The molecule has 0 aliphatic heterocycles. The third kappa shape index (κ3) is 2.69. The highest BCUT2D eigenvalue weighted by atomic mass is 16.3. The number of para-hydroxylation sites is 2. The molecule has 3 nitrogen and oxygen atoms in total. The zero-order valence-corrected chi connectivity index (χ0v) is 18.3. The Bertz CT molecular complexity index is 1600. The van der Waals surface area contributed by atoms with Gasteiger partial charge in [-0.2, -0.15) is 0 Å². The summed E-state index contributed by atoms with van der Waals surface area (Å²) >= 11 is 0. The number of nitrogens with two attached hydrogens (primary N) is 1. The Morgan fingerprint density at radius 2 is 1.64 bits per heavy atom. The number of aryl methyl sites for hydroxylation is 1. The first kappa shape index (κ1) is 18.6. The van der Waals surface area contributed by atoms with Crippen molar-refractivity contribution in [1.82, 2.24) is 4.57 Å². The summed E-state index contributed by atoms with van der Waals surface area (Å²) in [6, 6.07) is 21.7. The minimum Gasteiger partial charge on any atom is -0.456 e. The Morgan fingerprint density at radius 1 is 0.879 bits per heavy atom. The second-order valence-electron chi connectivity index (χ2n) is 9.04. The molecule has 1 atom stereocenters. The maximum atomic E-state index is 6.68. The maximum Gasteiger partial charge on any atom is 0.137 e. The van der Waals surface area contributed by atoms with E-state index in [1.54, 1.807) is 0 Å². The molecule has 0 saturated heterocycles. The number of nitrogens with zero attached hydrogens (tertiary/aromatic N) is 1. The summed E-state index contributed by atoms with van der Waals surface area (Å²) < 4.78 is 8.55. The Hall–Kier alpha value is -3.98. The first-order chi connectivity index (χ1) is 16.3. The van der Waals surface area contributed by atoms with Crippen LogP contribution in [-0.2, 0) is 6.42 Å². The van der Waals surface area contributed by atoms with Gasteiger partial charge in [0.2, 0.25) is 0 Å². The summed E-state index contributed by atoms with van der Waals surface area (Å²) in [6.07, 6.45) is 14.0. The Labute approximate surface area is 192 Å². The van der Waals surface area contributed by atoms with Crippen LogP contribution < -0.4 is 5.73 Å². The Morgan fingerprint density at radius 3 is 2.42 bits per heavy atom. The third-order valence-electron chi connectivity index (χ3n) is 7.20. The van der Waals surface area contributed by atoms with E-state index in [1.807, 2.05) is 6.07 Å². The topological polar surface area (TPSA) is 44.1 Å². The largest absolute Gasteiger partial charge is 0.456 e. The fourth-order valence-corrected chi connectivity index (χ4v) is 5.69. The molecular formula is C30H24N2O. The molecule has 0 bridgehead atoms. The van der Waals surface area contributed by atoms with E-state index >= 15 is 0 Å². The van der Waals surface area contributed by atoms with Crippen LogP contribution in [0.2, 0.25) is 0 Å². The number of nitrogen functional groups attached to an aromatic ring is 1. The van der Waals surface area contributed by atoms with Crippen molar-refractivity contribution in [2.24, 2.45) is 0 Å². The van der Waals surface area contributed by atoms with Crippen LogP contribution in [0.15, 0.2) is 89.4 Å². The molecule has 2 aliphatic rings. The fourth-order valence-electron chi connectivity index (χ4n) is 5.69. The predicted octanol–water partition coefficient (Wildman–Crippen LogP) is 7.67. The van der Waals surface area contributed by atoms with Crippen molar-refractivity contribution in [3.8, 4) is 0 Å². The lowest BCUT2D eigenvalue weighted by Gasteiger charge is -2.26. The van der Waals surface area contributed by atoms with Gasteiger partial charge < -0.3 is 14.7 Å². The molecule has 0 spiro atoms. The smallest absolute Gasteiger partial charge is 0.137 e. The monoisotopic (exact) mass is 428 g/mol. The summed E-state index contributed by atoms with van der Waals surface area (Å²) in [7, 11) is 0. The summed E-state index contributed by atoms with van der Waals surface area (Å²) in [5.74, 6) is 1.15. The molecule has 0 fully saturated rings. The number of aromatic nitrogens is 1. The summed E-state index contributed by atoms with van der Waals surface area (Å²) in [6.45, 7) is 0. The van der Waals surface area contributed by atoms with Crippen molar-refractivity contribution in [3.05, 3.63) is 102 Å². The fraction of sp³-hybridized carbons (Fsp3) is 0.133. The number of rotatable bonds is 2. The van der Waals surface area contributed by atoms with Crippen molar-refractivity contribution in [2.75, 3.05) is 5.73 Å². The van der Waals surface area contributed by atoms with Crippen LogP contribution in [0.1, 0.15) is 35.6 Å². The summed E-state index contributed by atoms with van der Waals surface area (Å²) in [5.41, 5.74) is 14.6. The zero-order chi connectivity index (χ0) is 21.9. The van der Waals surface area contributed by atoms with Crippen LogP contribution in [0.5, 0.6) is 0 Å². The molecule has 2 aromatic heterocycles. The van der Waals surface area contributed by atoms with E-state index < -0.39 is 0 Å². The van der Waals surface area contributed by atoms with E-state index in [4.69, 9.17) is 10.2 Å². The number of anilines is 1. The van der Waals surface area contributed by atoms with Crippen molar-refractivity contribution in [3.63, 3.8) is 0 Å². The van der Waals surface area contributed by atoms with Crippen molar-refractivity contribution < 1.29 is 4.42 Å². The van der Waals surface area contributed by atoms with Crippen LogP contribution in [0.3, 0.4) is 0 Å². The van der Waals surface area contributed by atoms with Gasteiger partial charge >= 0.3 is 0 Å². The average Bonchev–Trinajstić information content (AvgIpc) is 3.38. The highest BCUT2D eigenvalue weighted by Gasteiger charge is 2.26. The molecule has 7 rings (SSSR count). The van der Waals surface area contributed by atoms with Crippen molar-refractivity contribution >= 4 is 50.2 Å². The summed E-state index contributed by atoms with van der Waals surface area (Å²) in [5, 5.41) is 3.76. The van der Waals surface area contributed by atoms with E-state index in [-0.39, 0.29) is 5.92 Å². The highest BCUT2D eigenvalue weighted by molar-refractivity contribution is 6.10. The van der Waals surface area contributed by atoms with Crippen LogP contribution in [0.4, 0.5) is 5.69 Å². The van der Waals surface area contributed by atoms with Gasteiger partial charge in [-0.05, 0) is 55.2 Å². The first-order valence-electron chi connectivity index (χ1n) is 11.7. The second-order valence-corrected chi connectivity index (χ2v) is 9.04. The summed E-state index contributed by atoms with van der Waals surface area (Å²) in [4.78, 5) is 0. The normalized spacial score (nSPS) is 17.7. The molecule has 5 aromatic rings. The lowest BCUT2D eigenvalue weighted by molar-refractivity contribution is 0.595. The average molecular weight is 429 g/mol. The van der Waals surface area contributed by atoms with E-state index in [1.165, 1.54) is 44.0 Å². The number of fused-ring (bicyclic) bond motifs is 6. The number of furan rings is 1. The molecule has 0 saturated carbocycles. The Balaban J connectivity index is 1.47. The van der Waals surface area contributed by atoms with Crippen LogP contribution in [-0.4, -0.2) is 4.57 Å². The van der Waals surface area contributed by atoms with Gasteiger partial charge in [-0.1, -0.05) is 54.6 Å². The molecular weight excluding hydrogens is 404 g/mol. The van der Waals surface area contributed by atoms with Gasteiger partial charge in [0.1, 0.15) is 11.3 Å². The van der Waals surface area contributed by atoms with Gasteiger partial charge in [-0.3, -0.25) is 0 Å². The molecule has 160 valence electrons. The minimum absolute atomic E-state index is 0.170. The molecule has 1 unspecified atom stereocenters. The molecule has 3 aromatic carbocycles. The Kier molecular flexibility index (Phi) is 3.95. The predicted molar refractivity (Wildman–Crippen MR) is 138 cm³/mol. The van der Waals surface area contributed by atoms with Gasteiger partial charge in [0.05, 0.1) is 11.0 Å². The van der Waals surface area contributed by atoms with E-state index in [0.717, 1.165) is 36.3 Å². The number of hydrogen-bond acceptors (Lipinski definition) is 2. The number of hydrogen-bond donors (Lipinski definition) is 1. The quantitative estimate of drug-likeness (QED) is 0.293. The molecule has 0 amide bonds. The van der Waals surface area contributed by atoms with Crippen LogP contribution in [0, 0.1) is 0 Å². The lowest BCUT2D eigenvalue weighted by atomic mass is 9.86. The zero-order valence-electron chi connectivity index (χ0n) is 18.3. The molecule has 2 heterocycles. The van der Waals surface area contributed by atoms with E-state index in [9.17, 15) is 0 Å². The lowest BCUT2D eigenvalue weighted by Crippen LogP contribution is -2.12.